The molecule has 0 atom stereocenters. The van der Waals surface area contributed by atoms with Gasteiger partial charge < -0.3 is 14.7 Å². The summed E-state index contributed by atoms with van der Waals surface area (Å²) in [6.07, 6.45) is 0. The number of ketones is 1. The Morgan fingerprint density at radius 1 is 0.909 bits per heavy atom. The van der Waals surface area contributed by atoms with E-state index >= 15 is 0 Å². The van der Waals surface area contributed by atoms with Gasteiger partial charge in [0.15, 0.2) is 5.78 Å². The molecule has 0 unspecified atom stereocenters. The van der Waals surface area contributed by atoms with Crippen molar-refractivity contribution in [2.45, 2.75) is 59.3 Å². The summed E-state index contributed by atoms with van der Waals surface area (Å²) in [6.45, 7) is 13.6. The zero-order valence-corrected chi connectivity index (χ0v) is 20.9. The van der Waals surface area contributed by atoms with Crippen molar-refractivity contribution in [1.29, 1.82) is 0 Å². The number of ether oxygens (including phenoxy) is 1. The lowest BCUT2D eigenvalue weighted by Crippen LogP contribution is -2.34. The van der Waals surface area contributed by atoms with Crippen LogP contribution in [-0.2, 0) is 20.4 Å². The number of phenols is 1. The molecule has 0 aliphatic heterocycles. The highest BCUT2D eigenvalue weighted by Gasteiger charge is 2.29. The number of hydrogen-bond acceptors (Lipinski definition) is 5. The molecule has 0 bridgehead atoms. The van der Waals surface area contributed by atoms with Gasteiger partial charge in [0.1, 0.15) is 12.3 Å². The van der Waals surface area contributed by atoms with Crippen molar-refractivity contribution in [3.63, 3.8) is 0 Å². The van der Waals surface area contributed by atoms with E-state index in [9.17, 15) is 19.5 Å². The highest BCUT2D eigenvalue weighted by Crippen LogP contribution is 2.40. The van der Waals surface area contributed by atoms with E-state index in [1.807, 2.05) is 41.5 Å². The minimum atomic E-state index is -0.514. The summed E-state index contributed by atoms with van der Waals surface area (Å²) in [5.74, 6) is -1.09. The summed E-state index contributed by atoms with van der Waals surface area (Å²) in [6, 6.07) is 9.97. The average Bonchev–Trinajstić information content (AvgIpc) is 2.71. The molecule has 1 amide bonds. The van der Waals surface area contributed by atoms with Crippen LogP contribution in [0.15, 0.2) is 36.4 Å². The van der Waals surface area contributed by atoms with Crippen molar-refractivity contribution in [3.8, 4) is 5.75 Å². The standard InChI is InChI=1S/C27H35NO5/c1-9-33-22(29)16-28(8)25(32)19-13-11-10-12-18(19)23(30)17-14-20(26(2,3)4)24(31)21(15-17)27(5,6)7/h10-15,31H,9,16H2,1-8H3. The lowest BCUT2D eigenvalue weighted by molar-refractivity contribution is -0.143. The zero-order valence-electron chi connectivity index (χ0n) is 20.9. The van der Waals surface area contributed by atoms with Gasteiger partial charge in [-0.1, -0.05) is 59.7 Å². The molecule has 0 heterocycles. The Morgan fingerprint density at radius 3 is 1.85 bits per heavy atom. The van der Waals surface area contributed by atoms with Gasteiger partial charge in [-0.15, -0.1) is 0 Å². The number of benzene rings is 2. The predicted octanol–water partition coefficient (Wildman–Crippen LogP) is 4.85. The zero-order chi connectivity index (χ0) is 25.1. The molecule has 1 N–H and O–H groups in total. The van der Waals surface area contributed by atoms with Crippen LogP contribution in [0.3, 0.4) is 0 Å². The molecule has 6 nitrogen and oxygen atoms in total. The van der Waals surface area contributed by atoms with E-state index in [0.29, 0.717) is 16.7 Å². The first-order chi connectivity index (χ1) is 15.2. The summed E-state index contributed by atoms with van der Waals surface area (Å²) >= 11 is 0. The Balaban J connectivity index is 2.57. The van der Waals surface area contributed by atoms with Gasteiger partial charge in [0, 0.05) is 29.3 Å². The monoisotopic (exact) mass is 453 g/mol. The molecule has 6 heteroatoms. The lowest BCUT2D eigenvalue weighted by Gasteiger charge is -2.28. The second kappa shape index (κ2) is 9.77. The molecule has 2 aromatic carbocycles. The number of carbonyl (C=O) groups is 3. The molecular weight excluding hydrogens is 418 g/mol. The Hall–Kier alpha value is -3.15. The first-order valence-corrected chi connectivity index (χ1v) is 11.1. The highest BCUT2D eigenvalue weighted by molar-refractivity contribution is 6.15. The first kappa shape index (κ1) is 26.1. The summed E-state index contributed by atoms with van der Waals surface area (Å²) in [4.78, 5) is 39.8. The van der Waals surface area contributed by atoms with E-state index in [4.69, 9.17) is 4.74 Å². The largest absolute Gasteiger partial charge is 0.507 e. The van der Waals surface area contributed by atoms with Crippen LogP contribution in [-0.4, -0.2) is 47.9 Å². The molecule has 0 saturated carbocycles. The molecule has 2 aromatic rings. The number of hydrogen-bond donors (Lipinski definition) is 1. The third-order valence-corrected chi connectivity index (χ3v) is 5.41. The number of aromatic hydroxyl groups is 1. The van der Waals surface area contributed by atoms with Crippen LogP contribution in [0.2, 0.25) is 0 Å². The Bertz CT molecular complexity index is 1020. The summed E-state index contributed by atoms with van der Waals surface area (Å²) < 4.78 is 4.92. The molecule has 178 valence electrons. The average molecular weight is 454 g/mol. The lowest BCUT2D eigenvalue weighted by atomic mass is 9.77. The number of amides is 1. The molecule has 0 aliphatic rings. The highest BCUT2D eigenvalue weighted by atomic mass is 16.5. The summed E-state index contributed by atoms with van der Waals surface area (Å²) in [5.41, 5.74) is 1.39. The molecular formula is C27H35NO5. The van der Waals surface area contributed by atoms with Gasteiger partial charge >= 0.3 is 5.97 Å². The Morgan fingerprint density at radius 2 is 1.39 bits per heavy atom. The van der Waals surface area contributed by atoms with E-state index in [-0.39, 0.29) is 35.8 Å². The minimum Gasteiger partial charge on any atom is -0.507 e. The van der Waals surface area contributed by atoms with Gasteiger partial charge in [0.25, 0.3) is 5.91 Å². The molecule has 0 saturated heterocycles. The smallest absolute Gasteiger partial charge is 0.325 e. The second-order valence-electron chi connectivity index (χ2n) is 10.3. The summed E-state index contributed by atoms with van der Waals surface area (Å²) in [5, 5.41) is 11.0. The van der Waals surface area contributed by atoms with Gasteiger partial charge in [0.05, 0.1) is 12.2 Å². The van der Waals surface area contributed by atoms with E-state index < -0.39 is 22.7 Å². The fraction of sp³-hybridized carbons (Fsp3) is 0.444. The SMILES string of the molecule is CCOC(=O)CN(C)C(=O)c1ccccc1C(=O)c1cc(C(C)(C)C)c(O)c(C(C)(C)C)c1. The van der Waals surface area contributed by atoms with E-state index in [2.05, 4.69) is 0 Å². The molecule has 33 heavy (non-hydrogen) atoms. The molecule has 0 radical (unpaired) electrons. The quantitative estimate of drug-likeness (QED) is 0.499. The van der Waals surface area contributed by atoms with Crippen molar-refractivity contribution in [2.24, 2.45) is 0 Å². The third-order valence-electron chi connectivity index (χ3n) is 5.41. The normalized spacial score (nSPS) is 11.8. The van der Waals surface area contributed by atoms with Gasteiger partial charge in [-0.05, 0) is 36.0 Å². The van der Waals surface area contributed by atoms with Crippen LogP contribution in [0.25, 0.3) is 0 Å². The number of nitrogens with zero attached hydrogens (tertiary/aromatic N) is 1. The van der Waals surface area contributed by atoms with E-state index in [1.54, 1.807) is 43.3 Å². The van der Waals surface area contributed by atoms with E-state index in [1.165, 1.54) is 11.9 Å². The van der Waals surface area contributed by atoms with Gasteiger partial charge in [0.2, 0.25) is 0 Å². The molecule has 2 rings (SSSR count). The summed E-state index contributed by atoms with van der Waals surface area (Å²) in [7, 11) is 1.50. The van der Waals surface area contributed by atoms with Crippen molar-refractivity contribution in [2.75, 3.05) is 20.2 Å². The van der Waals surface area contributed by atoms with E-state index in [0.717, 1.165) is 0 Å². The molecule has 0 fully saturated rings. The van der Waals surface area contributed by atoms with Crippen LogP contribution in [0.4, 0.5) is 0 Å². The van der Waals surface area contributed by atoms with Crippen LogP contribution >= 0.6 is 0 Å². The maximum atomic E-state index is 13.6. The number of phenolic OH excluding ortho intramolecular Hbond substituents is 1. The Labute approximate surface area is 196 Å². The maximum absolute atomic E-state index is 13.6. The van der Waals surface area contributed by atoms with Crippen molar-refractivity contribution < 1.29 is 24.2 Å². The fourth-order valence-corrected chi connectivity index (χ4v) is 3.61. The van der Waals surface area contributed by atoms with Gasteiger partial charge in [-0.3, -0.25) is 14.4 Å². The molecule has 0 aromatic heterocycles. The first-order valence-electron chi connectivity index (χ1n) is 11.1. The third kappa shape index (κ3) is 6.01. The molecule has 0 spiro atoms. The molecule has 0 aliphatic carbocycles. The van der Waals surface area contributed by atoms with Gasteiger partial charge in [-0.2, -0.15) is 0 Å². The topological polar surface area (TPSA) is 83.9 Å². The second-order valence-corrected chi connectivity index (χ2v) is 10.3. The van der Waals surface area contributed by atoms with Crippen molar-refractivity contribution in [1.82, 2.24) is 4.90 Å². The Kier molecular flexibility index (Phi) is 7.73. The van der Waals surface area contributed by atoms with Crippen LogP contribution in [0, 0.1) is 0 Å². The van der Waals surface area contributed by atoms with Crippen molar-refractivity contribution in [3.05, 3.63) is 64.2 Å². The maximum Gasteiger partial charge on any atom is 0.325 e. The number of esters is 1. The van der Waals surface area contributed by atoms with Crippen LogP contribution < -0.4 is 0 Å². The fourth-order valence-electron chi connectivity index (χ4n) is 3.61. The van der Waals surface area contributed by atoms with Crippen molar-refractivity contribution >= 4 is 17.7 Å². The van der Waals surface area contributed by atoms with Crippen LogP contribution in [0.1, 0.15) is 85.9 Å². The number of likely N-dealkylation sites (N-methyl/N-ethyl adjacent to an activating group) is 1. The number of rotatable bonds is 6. The van der Waals surface area contributed by atoms with Gasteiger partial charge in [-0.25, -0.2) is 0 Å². The van der Waals surface area contributed by atoms with Crippen LogP contribution in [0.5, 0.6) is 5.75 Å². The minimum absolute atomic E-state index is 0.185. The predicted molar refractivity (Wildman–Crippen MR) is 129 cm³/mol. The number of carbonyl (C=O) groups excluding carboxylic acids is 3.